The number of benzene rings is 1. The summed E-state index contributed by atoms with van der Waals surface area (Å²) in [4.78, 5) is 14.1. The molecule has 0 fully saturated rings. The topological polar surface area (TPSA) is 66.9 Å². The molecule has 0 aliphatic carbocycles. The second-order valence-electron chi connectivity index (χ2n) is 8.43. The first-order valence-corrected chi connectivity index (χ1v) is 9.91. The molecule has 0 atom stereocenters. The van der Waals surface area contributed by atoms with Crippen LogP contribution >= 0.6 is 0 Å². The lowest BCUT2D eigenvalue weighted by Crippen LogP contribution is -3.11. The number of rotatable bonds is 7. The number of hydrogen-bond acceptors (Lipinski definition) is 4. The number of ether oxygens (including phenoxy) is 1. The van der Waals surface area contributed by atoms with Crippen LogP contribution < -0.4 is 14.7 Å². The van der Waals surface area contributed by atoms with E-state index in [0.717, 1.165) is 18.8 Å². The van der Waals surface area contributed by atoms with Gasteiger partial charge in [0.15, 0.2) is 5.76 Å². The zero-order valence-corrected chi connectivity index (χ0v) is 17.3. The first-order chi connectivity index (χ1) is 13.2. The molecule has 0 unspecified atom stereocenters. The maximum atomic E-state index is 12.8. The predicted octanol–water partition coefficient (Wildman–Crippen LogP) is 2.97. The number of carbonyl (C=O) groups is 1. The number of nitrogens with one attached hydrogen (secondary N) is 1. The van der Waals surface area contributed by atoms with Crippen LogP contribution in [-0.4, -0.2) is 18.9 Å². The van der Waals surface area contributed by atoms with Gasteiger partial charge in [0.05, 0.1) is 18.7 Å². The molecule has 2 aromatic rings. The fourth-order valence-corrected chi connectivity index (χ4v) is 3.75. The zero-order chi connectivity index (χ0) is 20.4. The third-order valence-electron chi connectivity index (χ3n) is 4.75. The highest BCUT2D eigenvalue weighted by Gasteiger charge is 2.31. The Labute approximate surface area is 166 Å². The summed E-state index contributed by atoms with van der Waals surface area (Å²) in [6.07, 6.45) is 1.59. The zero-order valence-electron chi connectivity index (χ0n) is 17.3. The van der Waals surface area contributed by atoms with Crippen LogP contribution in [-0.2, 0) is 6.54 Å². The van der Waals surface area contributed by atoms with Crippen LogP contribution in [0, 0.1) is 18.8 Å². The minimum atomic E-state index is -0.209. The van der Waals surface area contributed by atoms with Crippen LogP contribution in [0.15, 0.2) is 34.4 Å². The third kappa shape index (κ3) is 4.47. The number of furan rings is 1. The molecule has 3 rings (SSSR count). The Morgan fingerprint density at radius 3 is 2.32 bits per heavy atom. The third-order valence-corrected chi connectivity index (χ3v) is 4.75. The molecule has 0 saturated carbocycles. The van der Waals surface area contributed by atoms with Gasteiger partial charge in [0.1, 0.15) is 23.8 Å². The molecule has 0 amide bonds. The minimum absolute atomic E-state index is 0.0772. The summed E-state index contributed by atoms with van der Waals surface area (Å²) < 4.78 is 11.4. The van der Waals surface area contributed by atoms with E-state index in [-0.39, 0.29) is 17.3 Å². The summed E-state index contributed by atoms with van der Waals surface area (Å²) in [5.41, 5.74) is 1.04. The van der Waals surface area contributed by atoms with Crippen molar-refractivity contribution in [2.45, 2.75) is 41.2 Å². The molecule has 150 valence electrons. The van der Waals surface area contributed by atoms with Crippen LogP contribution in [0.1, 0.15) is 55.1 Å². The molecule has 5 heteroatoms. The standard InChI is InChI=1S/C23H29NO4/c1-14(2)11-24(12-15(3)4)13-19-20(25)9-8-18-22(26)21(28-23(18)19)10-17-7-6-16(5)27-17/h6-10,14-15,25H,11-13H2,1-5H3. The van der Waals surface area contributed by atoms with Crippen molar-refractivity contribution in [3.63, 3.8) is 0 Å². The molecule has 1 aliphatic rings. The molecule has 1 aliphatic heterocycles. The predicted molar refractivity (Wildman–Crippen MR) is 106 cm³/mol. The molecule has 5 nitrogen and oxygen atoms in total. The van der Waals surface area contributed by atoms with Crippen molar-refractivity contribution < 1.29 is 24.0 Å². The number of hydrogen-bond donors (Lipinski definition) is 1. The van der Waals surface area contributed by atoms with Gasteiger partial charge in [-0.15, -0.1) is 0 Å². The number of Topliss-reactive ketones (excluding diaryl/α,β-unsaturated/α-hetero) is 1. The smallest absolute Gasteiger partial charge is 0.232 e. The van der Waals surface area contributed by atoms with Crippen molar-refractivity contribution in [1.29, 1.82) is 0 Å². The van der Waals surface area contributed by atoms with Gasteiger partial charge in [-0.05, 0) is 25.1 Å². The minimum Gasteiger partial charge on any atom is -0.872 e. The maximum absolute atomic E-state index is 12.8. The molecule has 2 heterocycles. The van der Waals surface area contributed by atoms with Gasteiger partial charge in [0.25, 0.3) is 0 Å². The monoisotopic (exact) mass is 383 g/mol. The summed E-state index contributed by atoms with van der Waals surface area (Å²) in [7, 11) is 0. The highest BCUT2D eigenvalue weighted by molar-refractivity contribution is 6.14. The molecule has 1 aromatic heterocycles. The van der Waals surface area contributed by atoms with Crippen LogP contribution in [0.25, 0.3) is 6.08 Å². The SMILES string of the molecule is Cc1ccc(C=C2Oc3c(ccc([O-])c3C[NH+](CC(C)C)CC(C)C)C2=O)o1. The molecule has 28 heavy (non-hydrogen) atoms. The number of allylic oxidation sites excluding steroid dienone is 1. The molecular weight excluding hydrogens is 354 g/mol. The lowest BCUT2D eigenvalue weighted by Gasteiger charge is -2.26. The van der Waals surface area contributed by atoms with Gasteiger partial charge in [0, 0.05) is 23.5 Å². The Balaban J connectivity index is 1.92. The van der Waals surface area contributed by atoms with E-state index < -0.39 is 0 Å². The van der Waals surface area contributed by atoms with Crippen molar-refractivity contribution in [2.24, 2.45) is 11.8 Å². The van der Waals surface area contributed by atoms with Crippen molar-refractivity contribution in [1.82, 2.24) is 0 Å². The van der Waals surface area contributed by atoms with Crippen molar-refractivity contribution in [3.05, 3.63) is 52.7 Å². The summed E-state index contributed by atoms with van der Waals surface area (Å²) in [5, 5.41) is 12.6. The number of aryl methyl sites for hydroxylation is 1. The van der Waals surface area contributed by atoms with E-state index in [1.165, 1.54) is 11.0 Å². The first-order valence-electron chi connectivity index (χ1n) is 9.91. The Bertz CT molecular complexity index is 882. The fourth-order valence-electron chi connectivity index (χ4n) is 3.75. The fraction of sp³-hybridized carbons (Fsp3) is 0.435. The Hall–Kier alpha value is -2.53. The molecule has 0 spiro atoms. The summed E-state index contributed by atoms with van der Waals surface area (Å²) in [5.74, 6) is 2.68. The van der Waals surface area contributed by atoms with Crippen molar-refractivity contribution >= 4 is 11.9 Å². The van der Waals surface area contributed by atoms with Crippen LogP contribution in [0.5, 0.6) is 11.5 Å². The van der Waals surface area contributed by atoms with Gasteiger partial charge < -0.3 is 19.2 Å². The summed E-state index contributed by atoms with van der Waals surface area (Å²) >= 11 is 0. The molecule has 0 radical (unpaired) electrons. The average molecular weight is 383 g/mol. The molecule has 0 saturated heterocycles. The number of carbonyl (C=O) groups excluding carboxylic acids is 1. The largest absolute Gasteiger partial charge is 0.872 e. The number of ketones is 1. The maximum Gasteiger partial charge on any atom is 0.232 e. The van der Waals surface area contributed by atoms with Crippen LogP contribution in [0.2, 0.25) is 0 Å². The quantitative estimate of drug-likeness (QED) is 0.747. The van der Waals surface area contributed by atoms with Gasteiger partial charge in [0.2, 0.25) is 5.78 Å². The van der Waals surface area contributed by atoms with Crippen molar-refractivity contribution in [3.8, 4) is 11.5 Å². The first kappa shape index (κ1) is 20.2. The van der Waals surface area contributed by atoms with Gasteiger partial charge >= 0.3 is 0 Å². The van der Waals surface area contributed by atoms with E-state index in [4.69, 9.17) is 9.15 Å². The second kappa shape index (κ2) is 8.23. The van der Waals surface area contributed by atoms with E-state index in [1.807, 2.05) is 13.0 Å². The average Bonchev–Trinajstić information content (AvgIpc) is 3.13. The molecular formula is C23H29NO4. The Morgan fingerprint density at radius 2 is 1.75 bits per heavy atom. The Morgan fingerprint density at radius 1 is 1.07 bits per heavy atom. The van der Waals surface area contributed by atoms with Crippen molar-refractivity contribution in [2.75, 3.05) is 13.1 Å². The van der Waals surface area contributed by atoms with E-state index >= 15 is 0 Å². The van der Waals surface area contributed by atoms with E-state index in [1.54, 1.807) is 18.2 Å². The Kier molecular flexibility index (Phi) is 5.94. The van der Waals surface area contributed by atoms with Gasteiger partial charge in [-0.3, -0.25) is 4.79 Å². The molecule has 0 bridgehead atoms. The highest BCUT2D eigenvalue weighted by atomic mass is 16.5. The van der Waals surface area contributed by atoms with Gasteiger partial charge in [-0.1, -0.05) is 39.5 Å². The van der Waals surface area contributed by atoms with E-state index in [9.17, 15) is 9.90 Å². The highest BCUT2D eigenvalue weighted by Crippen LogP contribution is 2.38. The second-order valence-corrected chi connectivity index (χ2v) is 8.43. The number of fused-ring (bicyclic) bond motifs is 1. The lowest BCUT2D eigenvalue weighted by atomic mass is 10.0. The van der Waals surface area contributed by atoms with Crippen LogP contribution in [0.3, 0.4) is 0 Å². The molecule has 1 aromatic carbocycles. The molecule has 1 N–H and O–H groups in total. The van der Waals surface area contributed by atoms with E-state index in [0.29, 0.717) is 41.0 Å². The lowest BCUT2D eigenvalue weighted by molar-refractivity contribution is -0.919. The van der Waals surface area contributed by atoms with E-state index in [2.05, 4.69) is 27.7 Å². The van der Waals surface area contributed by atoms with Gasteiger partial charge in [-0.2, -0.15) is 0 Å². The number of quaternary nitrogens is 1. The van der Waals surface area contributed by atoms with Gasteiger partial charge in [-0.25, -0.2) is 0 Å². The summed E-state index contributed by atoms with van der Waals surface area (Å²) in [6, 6.07) is 6.68. The van der Waals surface area contributed by atoms with Crippen LogP contribution in [0.4, 0.5) is 0 Å². The summed E-state index contributed by atoms with van der Waals surface area (Å²) in [6.45, 7) is 13.0. The normalized spacial score (nSPS) is 15.1.